The number of benzene rings is 1. The summed E-state index contributed by atoms with van der Waals surface area (Å²) in [4.78, 5) is 22.3. The molecule has 6 nitrogen and oxygen atoms in total. The molecule has 1 aromatic carbocycles. The number of aromatic carboxylic acids is 1. The van der Waals surface area contributed by atoms with E-state index in [1.54, 1.807) is 0 Å². The maximum absolute atomic E-state index is 11.4. The Balaban J connectivity index is 2.26. The fourth-order valence-electron chi connectivity index (χ4n) is 1.74. The Hall–Kier alpha value is -2.24. The zero-order valence-electron chi connectivity index (χ0n) is 9.80. The fraction of sp³-hybridized carbons (Fsp3) is 0.333. The first-order valence-corrected chi connectivity index (χ1v) is 5.47. The number of carbonyl (C=O) groups is 2. The van der Waals surface area contributed by atoms with Crippen molar-refractivity contribution in [3.8, 4) is 11.5 Å². The summed E-state index contributed by atoms with van der Waals surface area (Å²) in [7, 11) is 1.46. The number of methoxy groups -OCH3 is 1. The van der Waals surface area contributed by atoms with Gasteiger partial charge in [-0.25, -0.2) is 4.79 Å². The van der Waals surface area contributed by atoms with Crippen LogP contribution in [0.2, 0.25) is 0 Å². The van der Waals surface area contributed by atoms with Gasteiger partial charge in [0.25, 0.3) is 5.91 Å². The molecular weight excluding hydrogens is 238 g/mol. The molecule has 0 aliphatic carbocycles. The minimum Gasteiger partial charge on any atom is -0.493 e. The minimum atomic E-state index is -1.06. The van der Waals surface area contributed by atoms with Crippen LogP contribution in [-0.2, 0) is 4.79 Å². The fourth-order valence-corrected chi connectivity index (χ4v) is 1.74. The van der Waals surface area contributed by atoms with E-state index in [1.165, 1.54) is 25.3 Å². The summed E-state index contributed by atoms with van der Waals surface area (Å²) in [6, 6.07) is 4.28. The van der Waals surface area contributed by atoms with Crippen molar-refractivity contribution in [3.63, 3.8) is 0 Å². The number of amides is 1. The number of carboxylic acids is 1. The van der Waals surface area contributed by atoms with E-state index in [0.717, 1.165) is 0 Å². The minimum absolute atomic E-state index is 0.0872. The Morgan fingerprint density at radius 3 is 2.78 bits per heavy atom. The van der Waals surface area contributed by atoms with Gasteiger partial charge in [0.05, 0.1) is 12.7 Å². The Kier molecular flexibility index (Phi) is 3.36. The molecular formula is C12H13NO5. The Morgan fingerprint density at radius 2 is 2.22 bits per heavy atom. The molecule has 2 N–H and O–H groups in total. The predicted molar refractivity (Wildman–Crippen MR) is 62.0 cm³/mol. The summed E-state index contributed by atoms with van der Waals surface area (Å²) in [5.74, 6) is -0.588. The second kappa shape index (κ2) is 4.95. The van der Waals surface area contributed by atoms with E-state index in [9.17, 15) is 9.59 Å². The summed E-state index contributed by atoms with van der Waals surface area (Å²) in [6.07, 6.45) is -0.0396. The Labute approximate surface area is 104 Å². The van der Waals surface area contributed by atoms with Crippen molar-refractivity contribution in [1.82, 2.24) is 5.32 Å². The molecule has 6 heteroatoms. The van der Waals surface area contributed by atoms with Crippen LogP contribution in [0.5, 0.6) is 11.5 Å². The van der Waals surface area contributed by atoms with Crippen molar-refractivity contribution in [2.45, 2.75) is 12.5 Å². The molecule has 2 rings (SSSR count). The lowest BCUT2D eigenvalue weighted by Crippen LogP contribution is -2.27. The van der Waals surface area contributed by atoms with Gasteiger partial charge in [-0.15, -0.1) is 0 Å². The molecule has 1 aliphatic heterocycles. The van der Waals surface area contributed by atoms with Crippen LogP contribution in [0.25, 0.3) is 0 Å². The van der Waals surface area contributed by atoms with Crippen LogP contribution in [-0.4, -0.2) is 36.7 Å². The smallest absolute Gasteiger partial charge is 0.335 e. The van der Waals surface area contributed by atoms with E-state index in [2.05, 4.69) is 5.32 Å². The second-order valence-corrected chi connectivity index (χ2v) is 3.86. The number of carbonyl (C=O) groups excluding carboxylic acids is 1. The number of hydrogen-bond donors (Lipinski definition) is 2. The Bertz CT molecular complexity index is 485. The van der Waals surface area contributed by atoms with Crippen molar-refractivity contribution in [2.24, 2.45) is 0 Å². The van der Waals surface area contributed by atoms with Crippen LogP contribution < -0.4 is 14.8 Å². The number of nitrogens with one attached hydrogen (secondary N) is 1. The van der Waals surface area contributed by atoms with Crippen LogP contribution in [0.4, 0.5) is 0 Å². The monoisotopic (exact) mass is 251 g/mol. The van der Waals surface area contributed by atoms with Crippen LogP contribution in [0.1, 0.15) is 16.8 Å². The molecule has 0 saturated carbocycles. The van der Waals surface area contributed by atoms with E-state index < -0.39 is 12.1 Å². The molecule has 0 radical (unpaired) electrons. The summed E-state index contributed by atoms with van der Waals surface area (Å²) in [5.41, 5.74) is 0.0872. The van der Waals surface area contributed by atoms with Crippen LogP contribution in [0.3, 0.4) is 0 Å². The second-order valence-electron chi connectivity index (χ2n) is 3.86. The zero-order valence-corrected chi connectivity index (χ0v) is 9.80. The predicted octanol–water partition coefficient (Wildman–Crippen LogP) is 0.661. The molecule has 18 heavy (non-hydrogen) atoms. The first kappa shape index (κ1) is 12.2. The molecule has 1 aliphatic rings. The number of ether oxygens (including phenoxy) is 2. The van der Waals surface area contributed by atoms with Crippen LogP contribution in [0.15, 0.2) is 18.2 Å². The van der Waals surface area contributed by atoms with Gasteiger partial charge >= 0.3 is 5.97 Å². The van der Waals surface area contributed by atoms with Crippen LogP contribution in [0, 0.1) is 0 Å². The summed E-state index contributed by atoms with van der Waals surface area (Å²) in [5, 5.41) is 11.6. The first-order valence-electron chi connectivity index (χ1n) is 5.47. The van der Waals surface area contributed by atoms with Crippen molar-refractivity contribution in [1.29, 1.82) is 0 Å². The number of hydrogen-bond acceptors (Lipinski definition) is 4. The van der Waals surface area contributed by atoms with Crippen molar-refractivity contribution >= 4 is 11.9 Å². The molecule has 0 bridgehead atoms. The molecule has 1 atom stereocenters. The van der Waals surface area contributed by atoms with E-state index in [0.29, 0.717) is 18.7 Å². The standard InChI is InChI=1S/C12H13NO5/c1-17-8-3-2-7(12(15)16)6-10(8)18-9-4-5-13-11(9)14/h2-3,6,9H,4-5H2,1H3,(H,13,14)(H,15,16). The normalized spacial score (nSPS) is 18.3. The van der Waals surface area contributed by atoms with Crippen molar-refractivity contribution in [2.75, 3.05) is 13.7 Å². The lowest BCUT2D eigenvalue weighted by molar-refractivity contribution is -0.124. The lowest BCUT2D eigenvalue weighted by atomic mass is 10.2. The Morgan fingerprint density at radius 1 is 1.44 bits per heavy atom. The van der Waals surface area contributed by atoms with Gasteiger partial charge in [0.15, 0.2) is 17.6 Å². The highest BCUT2D eigenvalue weighted by Gasteiger charge is 2.27. The molecule has 1 unspecified atom stereocenters. The molecule has 1 saturated heterocycles. The largest absolute Gasteiger partial charge is 0.493 e. The van der Waals surface area contributed by atoms with E-state index in [1.807, 2.05) is 0 Å². The van der Waals surface area contributed by atoms with Crippen molar-refractivity contribution < 1.29 is 24.2 Å². The quantitative estimate of drug-likeness (QED) is 0.821. The van der Waals surface area contributed by atoms with Crippen LogP contribution >= 0.6 is 0 Å². The maximum atomic E-state index is 11.4. The highest BCUT2D eigenvalue weighted by atomic mass is 16.5. The third-order valence-electron chi connectivity index (χ3n) is 2.68. The van der Waals surface area contributed by atoms with Gasteiger partial charge in [0.2, 0.25) is 0 Å². The maximum Gasteiger partial charge on any atom is 0.335 e. The molecule has 1 amide bonds. The van der Waals surface area contributed by atoms with Gasteiger partial charge < -0.3 is 19.9 Å². The van der Waals surface area contributed by atoms with Gasteiger partial charge in [0.1, 0.15) is 0 Å². The average molecular weight is 251 g/mol. The van der Waals surface area contributed by atoms with Gasteiger partial charge in [-0.3, -0.25) is 4.79 Å². The molecule has 1 fully saturated rings. The SMILES string of the molecule is COc1ccc(C(=O)O)cc1OC1CCNC1=O. The van der Waals surface area contributed by atoms with E-state index in [4.69, 9.17) is 14.6 Å². The summed E-state index contributed by atoms with van der Waals surface area (Å²) < 4.78 is 10.6. The third kappa shape index (κ3) is 2.37. The lowest BCUT2D eigenvalue weighted by Gasteiger charge is -2.14. The average Bonchev–Trinajstić information content (AvgIpc) is 2.75. The zero-order chi connectivity index (χ0) is 13.1. The van der Waals surface area contributed by atoms with Crippen molar-refractivity contribution in [3.05, 3.63) is 23.8 Å². The van der Waals surface area contributed by atoms with Gasteiger partial charge in [-0.1, -0.05) is 0 Å². The third-order valence-corrected chi connectivity index (χ3v) is 2.68. The molecule has 1 aromatic rings. The molecule has 0 aromatic heterocycles. The van der Waals surface area contributed by atoms with Gasteiger partial charge in [0, 0.05) is 13.0 Å². The van der Waals surface area contributed by atoms with E-state index >= 15 is 0 Å². The van der Waals surface area contributed by atoms with Gasteiger partial charge in [-0.2, -0.15) is 0 Å². The molecule has 0 spiro atoms. The number of rotatable bonds is 4. The summed E-state index contributed by atoms with van der Waals surface area (Å²) in [6.45, 7) is 0.560. The summed E-state index contributed by atoms with van der Waals surface area (Å²) >= 11 is 0. The topological polar surface area (TPSA) is 84.9 Å². The first-order chi connectivity index (χ1) is 8.61. The molecule has 96 valence electrons. The number of carboxylic acid groups (broad SMARTS) is 1. The highest BCUT2D eigenvalue weighted by molar-refractivity contribution is 5.88. The molecule has 1 heterocycles. The highest BCUT2D eigenvalue weighted by Crippen LogP contribution is 2.29. The van der Waals surface area contributed by atoms with E-state index in [-0.39, 0.29) is 17.2 Å². The van der Waals surface area contributed by atoms with Gasteiger partial charge in [-0.05, 0) is 18.2 Å².